The molecule has 0 saturated carbocycles. The Morgan fingerprint density at radius 3 is 2.66 bits per heavy atom. The average molecular weight is 643 g/mol. The molecular formula is C28H25Br2N3O5. The molecule has 0 fully saturated rings. The van der Waals surface area contributed by atoms with E-state index in [1.165, 1.54) is 17.9 Å². The molecule has 1 atom stereocenters. The van der Waals surface area contributed by atoms with Gasteiger partial charge in [-0.3, -0.25) is 4.79 Å². The van der Waals surface area contributed by atoms with Crippen molar-refractivity contribution in [1.82, 2.24) is 9.66 Å². The molecule has 0 aliphatic carbocycles. The van der Waals surface area contributed by atoms with Crippen LogP contribution in [0.5, 0.6) is 11.5 Å². The van der Waals surface area contributed by atoms with Crippen molar-refractivity contribution in [1.29, 1.82) is 0 Å². The lowest BCUT2D eigenvalue weighted by Crippen LogP contribution is -2.23. The highest BCUT2D eigenvalue weighted by molar-refractivity contribution is 9.10. The van der Waals surface area contributed by atoms with Crippen LogP contribution in [0.2, 0.25) is 0 Å². The molecule has 3 aromatic carbocycles. The number of nitrogens with zero attached hydrogens (tertiary/aromatic N) is 3. The Morgan fingerprint density at radius 2 is 1.95 bits per heavy atom. The summed E-state index contributed by atoms with van der Waals surface area (Å²) in [7, 11) is 1.53. The monoisotopic (exact) mass is 641 g/mol. The number of carbonyl (C=O) groups is 1. The maximum atomic E-state index is 13.4. The molecule has 0 saturated heterocycles. The fourth-order valence-electron chi connectivity index (χ4n) is 3.78. The van der Waals surface area contributed by atoms with E-state index in [1.807, 2.05) is 26.0 Å². The van der Waals surface area contributed by atoms with Crippen molar-refractivity contribution >= 4 is 54.9 Å². The molecule has 1 aromatic heterocycles. The maximum Gasteiger partial charge on any atom is 0.335 e. The highest BCUT2D eigenvalue weighted by Gasteiger charge is 2.16. The van der Waals surface area contributed by atoms with Gasteiger partial charge in [0.15, 0.2) is 11.5 Å². The summed E-state index contributed by atoms with van der Waals surface area (Å²) in [4.78, 5) is 29.4. The van der Waals surface area contributed by atoms with Crippen molar-refractivity contribution in [3.05, 3.63) is 96.4 Å². The molecule has 0 spiro atoms. The van der Waals surface area contributed by atoms with Crippen LogP contribution in [0.25, 0.3) is 10.9 Å². The minimum atomic E-state index is -0.999. The number of carboxylic acid groups (broad SMARTS) is 1. The topological polar surface area (TPSA) is 103 Å². The number of carboxylic acids is 1. The first kappa shape index (κ1) is 27.5. The van der Waals surface area contributed by atoms with Gasteiger partial charge in [0.05, 0.1) is 29.8 Å². The normalized spacial score (nSPS) is 12.1. The van der Waals surface area contributed by atoms with Gasteiger partial charge in [0.1, 0.15) is 12.4 Å². The van der Waals surface area contributed by atoms with Gasteiger partial charge in [-0.15, -0.1) is 0 Å². The largest absolute Gasteiger partial charge is 0.493 e. The molecule has 0 bridgehead atoms. The molecule has 1 N–H and O–H groups in total. The molecule has 1 heterocycles. The first-order chi connectivity index (χ1) is 18.2. The summed E-state index contributed by atoms with van der Waals surface area (Å²) in [5.74, 6) is 0.517. The van der Waals surface area contributed by atoms with Gasteiger partial charge in [-0.2, -0.15) is 9.78 Å². The number of halogens is 2. The summed E-state index contributed by atoms with van der Waals surface area (Å²) in [6, 6.07) is 15.5. The van der Waals surface area contributed by atoms with Crippen LogP contribution in [0.1, 0.15) is 53.5 Å². The van der Waals surface area contributed by atoms with Crippen LogP contribution >= 0.6 is 31.9 Å². The minimum absolute atomic E-state index is 0.0151. The standard InChI is InChI=1S/C28H25Br2N3O5/c1-4-16(2)26-32-23-9-8-20(29)12-21(23)27(34)33(26)31-14-19-11-24(37-3)25(13-22(19)30)38-15-17-6-5-7-18(10-17)28(35)36/h5-14,16H,4,15H2,1-3H3,(H,35,36)/t16-/m1/s1. The predicted molar refractivity (Wildman–Crippen MR) is 154 cm³/mol. The van der Waals surface area contributed by atoms with Crippen LogP contribution in [0.4, 0.5) is 0 Å². The number of aromatic nitrogens is 2. The second-order valence-electron chi connectivity index (χ2n) is 8.62. The van der Waals surface area contributed by atoms with Crippen LogP contribution < -0.4 is 15.0 Å². The van der Waals surface area contributed by atoms with Gasteiger partial charge in [0.2, 0.25) is 0 Å². The lowest BCUT2D eigenvalue weighted by Gasteiger charge is -2.15. The molecule has 0 amide bonds. The number of methoxy groups -OCH3 is 1. The fourth-order valence-corrected chi connectivity index (χ4v) is 4.56. The van der Waals surface area contributed by atoms with E-state index < -0.39 is 5.97 Å². The number of rotatable bonds is 9. The second-order valence-corrected chi connectivity index (χ2v) is 10.4. The van der Waals surface area contributed by atoms with Gasteiger partial charge in [-0.25, -0.2) is 9.78 Å². The van der Waals surface area contributed by atoms with Crippen LogP contribution in [0.3, 0.4) is 0 Å². The molecule has 8 nitrogen and oxygen atoms in total. The van der Waals surface area contributed by atoms with Gasteiger partial charge in [0.25, 0.3) is 5.56 Å². The van der Waals surface area contributed by atoms with E-state index in [-0.39, 0.29) is 23.6 Å². The van der Waals surface area contributed by atoms with Crippen molar-refractivity contribution in [2.45, 2.75) is 32.8 Å². The zero-order valence-electron chi connectivity index (χ0n) is 20.9. The molecule has 0 aliphatic heterocycles. The number of ether oxygens (including phenoxy) is 2. The van der Waals surface area contributed by atoms with Crippen molar-refractivity contribution in [3.63, 3.8) is 0 Å². The van der Waals surface area contributed by atoms with Gasteiger partial charge in [-0.1, -0.05) is 41.9 Å². The number of hydrogen-bond donors (Lipinski definition) is 1. The lowest BCUT2D eigenvalue weighted by atomic mass is 10.1. The average Bonchev–Trinajstić information content (AvgIpc) is 2.91. The third-order valence-corrected chi connectivity index (χ3v) is 7.23. The Bertz CT molecular complexity index is 1600. The maximum absolute atomic E-state index is 13.4. The van der Waals surface area contributed by atoms with Gasteiger partial charge < -0.3 is 14.6 Å². The van der Waals surface area contributed by atoms with Crippen molar-refractivity contribution in [2.75, 3.05) is 7.11 Å². The Hall–Kier alpha value is -3.50. The summed E-state index contributed by atoms with van der Waals surface area (Å²) in [5.41, 5.74) is 1.93. The number of aromatic carboxylic acids is 1. The summed E-state index contributed by atoms with van der Waals surface area (Å²) in [5, 5.41) is 14.2. The molecule has 0 radical (unpaired) electrons. The summed E-state index contributed by atoms with van der Waals surface area (Å²) >= 11 is 6.98. The Kier molecular flexibility index (Phi) is 8.63. The van der Waals surface area contributed by atoms with E-state index in [1.54, 1.807) is 42.6 Å². The van der Waals surface area contributed by atoms with E-state index in [4.69, 9.17) is 14.5 Å². The Labute approximate surface area is 236 Å². The molecule has 0 aliphatic rings. The quantitative estimate of drug-likeness (QED) is 0.206. The summed E-state index contributed by atoms with van der Waals surface area (Å²) in [6.45, 7) is 4.20. The molecule has 10 heteroatoms. The first-order valence-corrected chi connectivity index (χ1v) is 13.4. The third kappa shape index (κ3) is 5.97. The van der Waals surface area contributed by atoms with Crippen LogP contribution in [-0.2, 0) is 6.61 Å². The molecule has 0 unspecified atom stereocenters. The Morgan fingerprint density at radius 1 is 1.16 bits per heavy atom. The van der Waals surface area contributed by atoms with E-state index in [0.29, 0.717) is 43.8 Å². The van der Waals surface area contributed by atoms with Crippen LogP contribution in [0.15, 0.2) is 73.4 Å². The highest BCUT2D eigenvalue weighted by atomic mass is 79.9. The lowest BCUT2D eigenvalue weighted by molar-refractivity contribution is 0.0696. The molecule has 4 rings (SSSR count). The van der Waals surface area contributed by atoms with Crippen LogP contribution in [-0.4, -0.2) is 34.1 Å². The summed E-state index contributed by atoms with van der Waals surface area (Å²) in [6.07, 6.45) is 2.37. The smallest absolute Gasteiger partial charge is 0.335 e. The SMILES string of the molecule is CC[C@@H](C)c1nc2ccc(Br)cc2c(=O)n1N=Cc1cc(OC)c(OCc2cccc(C(=O)O)c2)cc1Br. The zero-order chi connectivity index (χ0) is 27.4. The van der Waals surface area contributed by atoms with E-state index in [2.05, 4.69) is 37.0 Å². The molecule has 196 valence electrons. The van der Waals surface area contributed by atoms with Gasteiger partial charge in [-0.05, 0) is 70.4 Å². The molecule has 38 heavy (non-hydrogen) atoms. The number of benzene rings is 3. The van der Waals surface area contributed by atoms with E-state index in [9.17, 15) is 14.7 Å². The fraction of sp³-hybridized carbons (Fsp3) is 0.214. The minimum Gasteiger partial charge on any atom is -0.493 e. The van der Waals surface area contributed by atoms with E-state index in [0.717, 1.165) is 10.9 Å². The highest BCUT2D eigenvalue weighted by Crippen LogP contribution is 2.33. The second kappa shape index (κ2) is 11.9. The summed E-state index contributed by atoms with van der Waals surface area (Å²) < 4.78 is 14.3. The Balaban J connectivity index is 1.68. The van der Waals surface area contributed by atoms with Crippen molar-refractivity contribution in [3.8, 4) is 11.5 Å². The van der Waals surface area contributed by atoms with Crippen molar-refractivity contribution in [2.24, 2.45) is 5.10 Å². The zero-order valence-corrected chi connectivity index (χ0v) is 24.1. The van der Waals surface area contributed by atoms with Crippen molar-refractivity contribution < 1.29 is 19.4 Å². The van der Waals surface area contributed by atoms with Crippen LogP contribution in [0, 0.1) is 0 Å². The first-order valence-electron chi connectivity index (χ1n) is 11.8. The number of fused-ring (bicyclic) bond motifs is 1. The van der Waals surface area contributed by atoms with Gasteiger partial charge >= 0.3 is 5.97 Å². The molecule has 4 aromatic rings. The predicted octanol–water partition coefficient (Wildman–Crippen LogP) is 6.60. The van der Waals surface area contributed by atoms with E-state index >= 15 is 0 Å². The molecular weight excluding hydrogens is 618 g/mol. The number of hydrogen-bond acceptors (Lipinski definition) is 6. The third-order valence-electron chi connectivity index (χ3n) is 6.05. The van der Waals surface area contributed by atoms with Gasteiger partial charge in [0, 0.05) is 20.4 Å².